The van der Waals surface area contributed by atoms with Gasteiger partial charge in [-0.05, 0) is 12.2 Å². The molecule has 0 aliphatic rings. The summed E-state index contributed by atoms with van der Waals surface area (Å²) in [6.07, 6.45) is -2.39. The number of rotatable bonds is 2. The molecule has 8 heavy (non-hydrogen) atoms. The summed E-state index contributed by atoms with van der Waals surface area (Å²) in [7, 11) is 0. The average molecular weight is 140 g/mol. The van der Waals surface area contributed by atoms with Gasteiger partial charge in [-0.25, -0.2) is 8.78 Å². The lowest BCUT2D eigenvalue weighted by Crippen LogP contribution is -2.32. The van der Waals surface area contributed by atoms with Gasteiger partial charge in [0.25, 0.3) is 6.43 Å². The first-order valence-corrected chi connectivity index (χ1v) is 2.35. The summed E-state index contributed by atoms with van der Waals surface area (Å²) in [5.41, 5.74) is 4.83. The van der Waals surface area contributed by atoms with Gasteiger partial charge in [0, 0.05) is 0 Å². The highest BCUT2D eigenvalue weighted by molar-refractivity contribution is 7.80. The number of nitrogens with two attached hydrogens (primary N) is 1. The summed E-state index contributed by atoms with van der Waals surface area (Å²) in [5.74, 6) is 0. The van der Waals surface area contributed by atoms with Crippen molar-refractivity contribution in [2.24, 2.45) is 5.73 Å². The maximum atomic E-state index is 11.2. The number of hydrogen-bond acceptors (Lipinski definition) is 1. The van der Waals surface area contributed by atoms with E-state index in [4.69, 9.17) is 5.73 Å². The van der Waals surface area contributed by atoms with E-state index < -0.39 is 13.0 Å². The van der Waals surface area contributed by atoms with Gasteiger partial charge in [-0.1, -0.05) is 0 Å². The van der Waals surface area contributed by atoms with Crippen LogP contribution in [0.3, 0.4) is 0 Å². The third kappa shape index (κ3) is 5.55. The molecule has 0 atom stereocenters. The largest absolute Gasteiger partial charge is 0.376 e. The van der Waals surface area contributed by atoms with Crippen LogP contribution in [0.25, 0.3) is 0 Å². The van der Waals surface area contributed by atoms with Crippen LogP contribution >= 0.6 is 12.2 Å². The van der Waals surface area contributed by atoms with Gasteiger partial charge in [-0.2, -0.15) is 0 Å². The first-order valence-electron chi connectivity index (χ1n) is 1.94. The Balaban J connectivity index is 3.05. The van der Waals surface area contributed by atoms with Crippen molar-refractivity contribution < 1.29 is 8.78 Å². The van der Waals surface area contributed by atoms with Crippen molar-refractivity contribution in [1.82, 2.24) is 5.32 Å². The number of halogens is 2. The van der Waals surface area contributed by atoms with E-state index in [0.29, 0.717) is 0 Å². The van der Waals surface area contributed by atoms with E-state index in [1.54, 1.807) is 0 Å². The molecule has 0 bridgehead atoms. The van der Waals surface area contributed by atoms with Crippen molar-refractivity contribution in [3.8, 4) is 0 Å². The van der Waals surface area contributed by atoms with Crippen LogP contribution in [0.2, 0.25) is 0 Å². The van der Waals surface area contributed by atoms with Gasteiger partial charge >= 0.3 is 0 Å². The highest BCUT2D eigenvalue weighted by Crippen LogP contribution is 1.86. The van der Waals surface area contributed by atoms with Gasteiger partial charge in [0.05, 0.1) is 6.54 Å². The Morgan fingerprint density at radius 2 is 2.25 bits per heavy atom. The predicted octanol–water partition coefficient (Wildman–Crippen LogP) is 0.0847. The highest BCUT2D eigenvalue weighted by atomic mass is 32.1. The van der Waals surface area contributed by atoms with Crippen LogP contribution in [-0.2, 0) is 0 Å². The monoisotopic (exact) mass is 140 g/mol. The number of nitrogens with one attached hydrogen (secondary N) is 1. The van der Waals surface area contributed by atoms with E-state index in [9.17, 15) is 8.78 Å². The molecule has 0 saturated heterocycles. The summed E-state index contributed by atoms with van der Waals surface area (Å²) in [4.78, 5) is 0. The Labute approximate surface area is 51.0 Å². The maximum absolute atomic E-state index is 11.2. The molecule has 0 amide bonds. The minimum atomic E-state index is -2.39. The lowest BCUT2D eigenvalue weighted by atomic mass is 10.7. The first-order chi connectivity index (χ1) is 3.63. The molecule has 0 aromatic heterocycles. The van der Waals surface area contributed by atoms with Crippen LogP contribution in [0, 0.1) is 0 Å². The van der Waals surface area contributed by atoms with E-state index >= 15 is 0 Å². The molecular weight excluding hydrogens is 134 g/mol. The second kappa shape index (κ2) is 3.54. The maximum Gasteiger partial charge on any atom is 0.255 e. The molecule has 48 valence electrons. The van der Waals surface area contributed by atoms with Crippen molar-refractivity contribution >= 4 is 17.3 Å². The van der Waals surface area contributed by atoms with Crippen molar-refractivity contribution in [2.75, 3.05) is 6.54 Å². The van der Waals surface area contributed by atoms with Crippen molar-refractivity contribution in [2.45, 2.75) is 6.43 Å². The minimum Gasteiger partial charge on any atom is -0.376 e. The second-order valence-corrected chi connectivity index (χ2v) is 1.58. The molecule has 2 nitrogen and oxygen atoms in total. The van der Waals surface area contributed by atoms with Gasteiger partial charge in [-0.3, -0.25) is 0 Å². The molecule has 0 fully saturated rings. The SMILES string of the molecule is NC(=S)NCC(F)F. The van der Waals surface area contributed by atoms with E-state index in [2.05, 4.69) is 17.5 Å². The number of alkyl halides is 2. The molecule has 3 N–H and O–H groups in total. The van der Waals surface area contributed by atoms with E-state index in [1.165, 1.54) is 0 Å². The smallest absolute Gasteiger partial charge is 0.255 e. The molecule has 0 aromatic carbocycles. The Hall–Kier alpha value is -0.450. The summed E-state index contributed by atoms with van der Waals surface area (Å²) in [5, 5.41) is 2.01. The van der Waals surface area contributed by atoms with Crippen LogP contribution in [0.5, 0.6) is 0 Å². The Morgan fingerprint density at radius 1 is 1.75 bits per heavy atom. The normalized spacial score (nSPS) is 9.38. The zero-order chi connectivity index (χ0) is 6.57. The van der Waals surface area contributed by atoms with Gasteiger partial charge in [0.2, 0.25) is 0 Å². The van der Waals surface area contributed by atoms with Crippen LogP contribution in [-0.4, -0.2) is 18.1 Å². The van der Waals surface area contributed by atoms with E-state index in [-0.39, 0.29) is 5.11 Å². The Morgan fingerprint density at radius 3 is 2.38 bits per heavy atom. The second-order valence-electron chi connectivity index (χ2n) is 1.14. The third-order valence-electron chi connectivity index (χ3n) is 0.431. The highest BCUT2D eigenvalue weighted by Gasteiger charge is 1.99. The van der Waals surface area contributed by atoms with Crippen LogP contribution in [0.15, 0.2) is 0 Å². The summed E-state index contributed by atoms with van der Waals surface area (Å²) >= 11 is 4.25. The molecular formula is C3H6F2N2S. The standard InChI is InChI=1S/C3H6F2N2S/c4-2(5)1-7-3(6)8/h2H,1H2,(H3,6,7,8). The summed E-state index contributed by atoms with van der Waals surface area (Å²) < 4.78 is 22.4. The molecule has 0 aromatic rings. The summed E-state index contributed by atoms with van der Waals surface area (Å²) in [6, 6.07) is 0. The van der Waals surface area contributed by atoms with Gasteiger partial charge in [0.1, 0.15) is 0 Å². The van der Waals surface area contributed by atoms with E-state index in [0.717, 1.165) is 0 Å². The molecule has 0 rings (SSSR count). The van der Waals surface area contributed by atoms with Crippen molar-refractivity contribution in [3.63, 3.8) is 0 Å². The average Bonchev–Trinajstić information content (AvgIpc) is 1.61. The van der Waals surface area contributed by atoms with Crippen molar-refractivity contribution in [3.05, 3.63) is 0 Å². The van der Waals surface area contributed by atoms with Crippen LogP contribution < -0.4 is 11.1 Å². The zero-order valence-corrected chi connectivity index (χ0v) is 4.84. The topological polar surface area (TPSA) is 38.0 Å². The molecule has 5 heteroatoms. The fourth-order valence-corrected chi connectivity index (χ4v) is 0.261. The molecule has 0 aliphatic carbocycles. The van der Waals surface area contributed by atoms with Gasteiger partial charge in [0.15, 0.2) is 5.11 Å². The third-order valence-corrected chi connectivity index (χ3v) is 0.575. The summed E-state index contributed by atoms with van der Waals surface area (Å²) in [6.45, 7) is -0.463. The number of thiocarbonyl (C=S) groups is 1. The predicted molar refractivity (Wildman–Crippen MR) is 30.8 cm³/mol. The quantitative estimate of drug-likeness (QED) is 0.534. The minimum absolute atomic E-state index is 0.0923. The molecule has 0 unspecified atom stereocenters. The first kappa shape index (κ1) is 7.55. The molecule has 0 saturated carbocycles. The van der Waals surface area contributed by atoms with Gasteiger partial charge < -0.3 is 11.1 Å². The fourth-order valence-electron chi connectivity index (χ4n) is 0.178. The lowest BCUT2D eigenvalue weighted by molar-refractivity contribution is 0.152. The lowest BCUT2D eigenvalue weighted by Gasteiger charge is -1.99. The van der Waals surface area contributed by atoms with Crippen molar-refractivity contribution in [1.29, 1.82) is 0 Å². The Kier molecular flexibility index (Phi) is 3.34. The molecule has 0 aliphatic heterocycles. The number of hydrogen-bond donors (Lipinski definition) is 2. The molecule has 0 radical (unpaired) electrons. The fraction of sp³-hybridized carbons (Fsp3) is 0.667. The van der Waals surface area contributed by atoms with Crippen LogP contribution in [0.1, 0.15) is 0 Å². The molecule has 0 heterocycles. The molecule has 0 spiro atoms. The van der Waals surface area contributed by atoms with E-state index in [1.807, 2.05) is 0 Å². The Bertz CT molecular complexity index is 85.4. The van der Waals surface area contributed by atoms with Crippen LogP contribution in [0.4, 0.5) is 8.78 Å². The zero-order valence-electron chi connectivity index (χ0n) is 4.03. The van der Waals surface area contributed by atoms with Gasteiger partial charge in [-0.15, -0.1) is 0 Å².